The van der Waals surface area contributed by atoms with E-state index in [4.69, 9.17) is 5.11 Å². The molecule has 2 aliphatic rings. The second kappa shape index (κ2) is 1.86. The van der Waals surface area contributed by atoms with Gasteiger partial charge in [0.1, 0.15) is 0 Å². The van der Waals surface area contributed by atoms with Gasteiger partial charge in [-0.3, -0.25) is 4.79 Å². The molecule has 68 valence electrons. The van der Waals surface area contributed by atoms with Crippen molar-refractivity contribution < 1.29 is 9.90 Å². The Balaban J connectivity index is 2.22. The molecule has 1 N–H and O–H groups in total. The fourth-order valence-electron chi connectivity index (χ4n) is 2.82. The van der Waals surface area contributed by atoms with Crippen LogP contribution in [0.25, 0.3) is 0 Å². The van der Waals surface area contributed by atoms with E-state index in [-0.39, 0.29) is 10.8 Å². The summed E-state index contributed by atoms with van der Waals surface area (Å²) in [6.45, 7) is 6.31. The van der Waals surface area contributed by atoms with E-state index in [1.807, 2.05) is 0 Å². The maximum absolute atomic E-state index is 11.1. The molecule has 0 heterocycles. The summed E-state index contributed by atoms with van der Waals surface area (Å²) in [7, 11) is 0. The van der Waals surface area contributed by atoms with Crippen molar-refractivity contribution >= 4 is 5.97 Å². The smallest absolute Gasteiger partial charge is 0.310 e. The summed E-state index contributed by atoms with van der Waals surface area (Å²) in [6.07, 6.45) is 2.00. The second-order valence-electron chi connectivity index (χ2n) is 5.16. The number of hydrogen-bond acceptors (Lipinski definition) is 1. The molecule has 12 heavy (non-hydrogen) atoms. The van der Waals surface area contributed by atoms with Gasteiger partial charge in [-0.1, -0.05) is 20.8 Å². The first kappa shape index (κ1) is 8.09. The second-order valence-corrected chi connectivity index (χ2v) is 5.16. The van der Waals surface area contributed by atoms with Gasteiger partial charge in [0, 0.05) is 0 Å². The van der Waals surface area contributed by atoms with Crippen LogP contribution in [0.4, 0.5) is 0 Å². The standard InChI is InChI=1S/C10H16O2/c1-6-4-7(6)10(8(11)12)5-9(10,2)3/h6-7H,4-5H2,1-3H3,(H,11,12). The molecule has 0 aromatic carbocycles. The third kappa shape index (κ3) is 0.732. The third-order valence-corrected chi connectivity index (χ3v) is 3.93. The molecule has 2 aliphatic carbocycles. The van der Waals surface area contributed by atoms with Crippen molar-refractivity contribution in [2.24, 2.45) is 22.7 Å². The lowest BCUT2D eigenvalue weighted by molar-refractivity contribution is -0.146. The fourth-order valence-corrected chi connectivity index (χ4v) is 2.82. The van der Waals surface area contributed by atoms with E-state index in [9.17, 15) is 4.79 Å². The normalized spacial score (nSPS) is 48.6. The number of carbonyl (C=O) groups is 1. The van der Waals surface area contributed by atoms with Crippen molar-refractivity contribution in [3.63, 3.8) is 0 Å². The largest absolute Gasteiger partial charge is 0.481 e. The molecule has 0 spiro atoms. The van der Waals surface area contributed by atoms with Gasteiger partial charge in [-0.15, -0.1) is 0 Å². The molecule has 0 amide bonds. The maximum atomic E-state index is 11.1. The monoisotopic (exact) mass is 168 g/mol. The summed E-state index contributed by atoms with van der Waals surface area (Å²) in [5.74, 6) is 0.537. The molecule has 2 heteroatoms. The lowest BCUT2D eigenvalue weighted by Crippen LogP contribution is -2.23. The molecule has 3 atom stereocenters. The van der Waals surface area contributed by atoms with Crippen LogP contribution in [0.3, 0.4) is 0 Å². The number of carboxylic acids is 1. The van der Waals surface area contributed by atoms with Crippen LogP contribution in [-0.4, -0.2) is 11.1 Å². The van der Waals surface area contributed by atoms with Crippen molar-refractivity contribution in [1.29, 1.82) is 0 Å². The Hall–Kier alpha value is -0.530. The molecule has 0 aliphatic heterocycles. The van der Waals surface area contributed by atoms with Gasteiger partial charge >= 0.3 is 5.97 Å². The van der Waals surface area contributed by atoms with E-state index >= 15 is 0 Å². The third-order valence-electron chi connectivity index (χ3n) is 3.93. The Morgan fingerprint density at radius 3 is 2.00 bits per heavy atom. The van der Waals surface area contributed by atoms with E-state index in [0.717, 1.165) is 12.8 Å². The Morgan fingerprint density at radius 1 is 1.50 bits per heavy atom. The highest BCUT2D eigenvalue weighted by Crippen LogP contribution is 2.74. The van der Waals surface area contributed by atoms with Crippen LogP contribution in [0, 0.1) is 22.7 Å². The van der Waals surface area contributed by atoms with Crippen LogP contribution in [0.1, 0.15) is 33.6 Å². The van der Waals surface area contributed by atoms with Crippen LogP contribution < -0.4 is 0 Å². The SMILES string of the molecule is CC1CC1C1(C(=O)O)CC1(C)C. The molecule has 0 aromatic rings. The highest BCUT2D eigenvalue weighted by molar-refractivity contribution is 5.81. The Morgan fingerprint density at radius 2 is 1.92 bits per heavy atom. The molecule has 0 aromatic heterocycles. The first-order valence-corrected chi connectivity index (χ1v) is 4.65. The van der Waals surface area contributed by atoms with Crippen LogP contribution in [0.15, 0.2) is 0 Å². The molecule has 2 saturated carbocycles. The molecule has 0 saturated heterocycles. The molecule has 0 bridgehead atoms. The molecule has 2 nitrogen and oxygen atoms in total. The van der Waals surface area contributed by atoms with Gasteiger partial charge < -0.3 is 5.11 Å². The van der Waals surface area contributed by atoms with Crippen LogP contribution in [-0.2, 0) is 4.79 Å². The zero-order valence-corrected chi connectivity index (χ0v) is 7.92. The lowest BCUT2D eigenvalue weighted by atomic mass is 9.90. The van der Waals surface area contributed by atoms with Crippen molar-refractivity contribution in [3.05, 3.63) is 0 Å². The highest BCUT2D eigenvalue weighted by atomic mass is 16.4. The van der Waals surface area contributed by atoms with Gasteiger partial charge in [0.2, 0.25) is 0 Å². The van der Waals surface area contributed by atoms with Crippen molar-refractivity contribution in [2.45, 2.75) is 33.6 Å². The van der Waals surface area contributed by atoms with Gasteiger partial charge in [0.25, 0.3) is 0 Å². The predicted molar refractivity (Wildman–Crippen MR) is 45.7 cm³/mol. The quantitative estimate of drug-likeness (QED) is 0.686. The average molecular weight is 168 g/mol. The summed E-state index contributed by atoms with van der Waals surface area (Å²) < 4.78 is 0. The molecular weight excluding hydrogens is 152 g/mol. The van der Waals surface area contributed by atoms with Crippen molar-refractivity contribution in [3.8, 4) is 0 Å². The number of rotatable bonds is 2. The predicted octanol–water partition coefficient (Wildman–Crippen LogP) is 2.14. The molecular formula is C10H16O2. The number of carboxylic acid groups (broad SMARTS) is 1. The van der Waals surface area contributed by atoms with Crippen LogP contribution >= 0.6 is 0 Å². The Bertz CT molecular complexity index is 244. The zero-order chi connectivity index (χ0) is 9.15. The topological polar surface area (TPSA) is 37.3 Å². The zero-order valence-electron chi connectivity index (χ0n) is 7.92. The minimum absolute atomic E-state index is 0.0499. The van der Waals surface area contributed by atoms with Gasteiger partial charge in [-0.25, -0.2) is 0 Å². The molecule has 2 rings (SSSR count). The summed E-state index contributed by atoms with van der Waals surface area (Å²) in [5, 5.41) is 9.17. The van der Waals surface area contributed by atoms with E-state index in [1.165, 1.54) is 0 Å². The first-order valence-electron chi connectivity index (χ1n) is 4.65. The minimum Gasteiger partial charge on any atom is -0.481 e. The van der Waals surface area contributed by atoms with E-state index in [0.29, 0.717) is 11.8 Å². The van der Waals surface area contributed by atoms with Crippen LogP contribution in [0.5, 0.6) is 0 Å². The summed E-state index contributed by atoms with van der Waals surface area (Å²) in [4.78, 5) is 11.1. The molecule has 2 fully saturated rings. The number of hydrogen-bond donors (Lipinski definition) is 1. The van der Waals surface area contributed by atoms with Crippen LogP contribution in [0.2, 0.25) is 0 Å². The van der Waals surface area contributed by atoms with E-state index < -0.39 is 5.97 Å². The lowest BCUT2D eigenvalue weighted by Gasteiger charge is -2.14. The highest BCUT2D eigenvalue weighted by Gasteiger charge is 2.74. The maximum Gasteiger partial charge on any atom is 0.310 e. The van der Waals surface area contributed by atoms with Crippen molar-refractivity contribution in [2.75, 3.05) is 0 Å². The summed E-state index contributed by atoms with van der Waals surface area (Å²) in [5.41, 5.74) is -0.305. The number of aliphatic carboxylic acids is 1. The summed E-state index contributed by atoms with van der Waals surface area (Å²) >= 11 is 0. The molecule has 0 radical (unpaired) electrons. The van der Waals surface area contributed by atoms with E-state index in [2.05, 4.69) is 20.8 Å². The summed E-state index contributed by atoms with van der Waals surface area (Å²) in [6, 6.07) is 0. The first-order chi connectivity index (χ1) is 5.42. The molecule has 3 unspecified atom stereocenters. The Labute approximate surface area is 73.0 Å². The van der Waals surface area contributed by atoms with Gasteiger partial charge in [0.05, 0.1) is 5.41 Å². The minimum atomic E-state index is -0.568. The average Bonchev–Trinajstić information content (AvgIpc) is 2.71. The van der Waals surface area contributed by atoms with Gasteiger partial charge in [-0.2, -0.15) is 0 Å². The Kier molecular flexibility index (Phi) is 1.25. The van der Waals surface area contributed by atoms with E-state index in [1.54, 1.807) is 0 Å². The van der Waals surface area contributed by atoms with Gasteiger partial charge in [0.15, 0.2) is 0 Å². The van der Waals surface area contributed by atoms with Crippen molar-refractivity contribution in [1.82, 2.24) is 0 Å². The van der Waals surface area contributed by atoms with Gasteiger partial charge in [-0.05, 0) is 30.1 Å². The fraction of sp³-hybridized carbons (Fsp3) is 0.900.